The van der Waals surface area contributed by atoms with Crippen LogP contribution < -0.4 is 0 Å². The van der Waals surface area contributed by atoms with Crippen LogP contribution in [-0.2, 0) is 6.54 Å². The fourth-order valence-electron chi connectivity index (χ4n) is 2.69. The van der Waals surface area contributed by atoms with Crippen molar-refractivity contribution in [2.75, 3.05) is 6.54 Å². The predicted octanol–water partition coefficient (Wildman–Crippen LogP) is 3.36. The molecular formula is C14H20N2O2. The molecule has 1 saturated heterocycles. The molecular weight excluding hydrogens is 228 g/mol. The lowest BCUT2D eigenvalue weighted by atomic mass is 9.99. The molecule has 1 aliphatic heterocycles. The molecule has 0 saturated carbocycles. The fraction of sp³-hybridized carbons (Fsp3) is 0.571. The van der Waals surface area contributed by atoms with E-state index in [0.717, 1.165) is 13.1 Å². The van der Waals surface area contributed by atoms with Gasteiger partial charge in [0.2, 0.25) is 0 Å². The Labute approximate surface area is 108 Å². The number of nitrogens with zero attached hydrogens (tertiary/aromatic N) is 2. The van der Waals surface area contributed by atoms with E-state index in [9.17, 15) is 10.1 Å². The highest BCUT2D eigenvalue weighted by atomic mass is 16.6. The van der Waals surface area contributed by atoms with Crippen LogP contribution in [0.4, 0.5) is 5.69 Å². The molecule has 18 heavy (non-hydrogen) atoms. The largest absolute Gasteiger partial charge is 0.296 e. The van der Waals surface area contributed by atoms with Crippen LogP contribution in [0.15, 0.2) is 24.3 Å². The normalized spacial score (nSPS) is 20.8. The van der Waals surface area contributed by atoms with Gasteiger partial charge in [-0.3, -0.25) is 15.0 Å². The van der Waals surface area contributed by atoms with Gasteiger partial charge in [-0.2, -0.15) is 0 Å². The first kappa shape index (κ1) is 13.0. The van der Waals surface area contributed by atoms with Crippen LogP contribution in [0.25, 0.3) is 0 Å². The maximum Gasteiger partial charge on any atom is 0.269 e. The second-order valence-corrected chi connectivity index (χ2v) is 4.95. The average molecular weight is 248 g/mol. The van der Waals surface area contributed by atoms with Crippen LogP contribution in [-0.4, -0.2) is 22.4 Å². The minimum Gasteiger partial charge on any atom is -0.296 e. The topological polar surface area (TPSA) is 46.4 Å². The molecule has 0 spiro atoms. The van der Waals surface area contributed by atoms with E-state index in [4.69, 9.17) is 0 Å². The Hall–Kier alpha value is -1.42. The van der Waals surface area contributed by atoms with Gasteiger partial charge in [-0.25, -0.2) is 0 Å². The van der Waals surface area contributed by atoms with Crippen LogP contribution in [0.2, 0.25) is 0 Å². The molecule has 0 N–H and O–H groups in total. The maximum atomic E-state index is 10.6. The Morgan fingerprint density at radius 2 is 2.06 bits per heavy atom. The first-order chi connectivity index (χ1) is 8.70. The second-order valence-electron chi connectivity index (χ2n) is 4.95. The third-order valence-electron chi connectivity index (χ3n) is 3.75. The summed E-state index contributed by atoms with van der Waals surface area (Å²) in [5, 5.41) is 10.6. The van der Waals surface area contributed by atoms with Crippen LogP contribution in [0.3, 0.4) is 0 Å². The number of nitro groups is 1. The van der Waals surface area contributed by atoms with Gasteiger partial charge in [-0.05, 0) is 31.4 Å². The number of benzene rings is 1. The molecule has 1 heterocycles. The van der Waals surface area contributed by atoms with E-state index < -0.39 is 0 Å². The lowest BCUT2D eigenvalue weighted by molar-refractivity contribution is -0.384. The summed E-state index contributed by atoms with van der Waals surface area (Å²) in [6.07, 6.45) is 5.06. The summed E-state index contributed by atoms with van der Waals surface area (Å²) >= 11 is 0. The van der Waals surface area contributed by atoms with Crippen molar-refractivity contribution in [3.63, 3.8) is 0 Å². The van der Waals surface area contributed by atoms with E-state index in [0.29, 0.717) is 6.04 Å². The predicted molar refractivity (Wildman–Crippen MR) is 71.4 cm³/mol. The quantitative estimate of drug-likeness (QED) is 0.606. The van der Waals surface area contributed by atoms with Gasteiger partial charge in [0.25, 0.3) is 5.69 Å². The smallest absolute Gasteiger partial charge is 0.269 e. The Bertz CT molecular complexity index is 403. The van der Waals surface area contributed by atoms with Gasteiger partial charge >= 0.3 is 0 Å². The van der Waals surface area contributed by atoms with Crippen LogP contribution in [0, 0.1) is 10.1 Å². The summed E-state index contributed by atoms with van der Waals surface area (Å²) in [6, 6.07) is 7.62. The Morgan fingerprint density at radius 1 is 1.33 bits per heavy atom. The molecule has 0 radical (unpaired) electrons. The lowest BCUT2D eigenvalue weighted by Gasteiger charge is -2.35. The summed E-state index contributed by atoms with van der Waals surface area (Å²) in [5.74, 6) is 0. The molecule has 0 aliphatic carbocycles. The standard InChI is InChI=1S/C14H20N2O2/c1-2-13-5-3-4-10-15(13)11-12-6-8-14(9-7-12)16(17)18/h6-9,13H,2-5,10-11H2,1H3/t13-/m1/s1. The fourth-order valence-corrected chi connectivity index (χ4v) is 2.69. The molecule has 0 amide bonds. The number of nitro benzene ring substituents is 1. The first-order valence-electron chi connectivity index (χ1n) is 6.68. The number of hydrogen-bond acceptors (Lipinski definition) is 3. The van der Waals surface area contributed by atoms with Crippen LogP contribution >= 0.6 is 0 Å². The Morgan fingerprint density at radius 3 is 2.67 bits per heavy atom. The number of likely N-dealkylation sites (tertiary alicyclic amines) is 1. The van der Waals surface area contributed by atoms with Gasteiger partial charge in [-0.1, -0.05) is 25.5 Å². The van der Waals surface area contributed by atoms with Crippen molar-refractivity contribution in [2.45, 2.75) is 45.2 Å². The lowest BCUT2D eigenvalue weighted by Crippen LogP contribution is -2.38. The monoisotopic (exact) mass is 248 g/mol. The minimum absolute atomic E-state index is 0.171. The summed E-state index contributed by atoms with van der Waals surface area (Å²) in [7, 11) is 0. The van der Waals surface area contributed by atoms with Gasteiger partial charge in [0.15, 0.2) is 0 Å². The highest BCUT2D eigenvalue weighted by Crippen LogP contribution is 2.22. The first-order valence-corrected chi connectivity index (χ1v) is 6.68. The third-order valence-corrected chi connectivity index (χ3v) is 3.75. The molecule has 1 aliphatic rings. The van der Waals surface area contributed by atoms with Crippen molar-refractivity contribution < 1.29 is 4.92 Å². The van der Waals surface area contributed by atoms with Crippen LogP contribution in [0.1, 0.15) is 38.2 Å². The molecule has 0 unspecified atom stereocenters. The van der Waals surface area contributed by atoms with Crippen molar-refractivity contribution in [3.8, 4) is 0 Å². The van der Waals surface area contributed by atoms with Crippen molar-refractivity contribution in [1.82, 2.24) is 4.90 Å². The van der Waals surface area contributed by atoms with E-state index >= 15 is 0 Å². The van der Waals surface area contributed by atoms with Crippen LogP contribution in [0.5, 0.6) is 0 Å². The zero-order chi connectivity index (χ0) is 13.0. The molecule has 0 aromatic heterocycles. The van der Waals surface area contributed by atoms with Crippen molar-refractivity contribution in [2.24, 2.45) is 0 Å². The van der Waals surface area contributed by atoms with E-state index in [1.54, 1.807) is 12.1 Å². The Kier molecular flexibility index (Phi) is 4.31. The zero-order valence-electron chi connectivity index (χ0n) is 10.8. The van der Waals surface area contributed by atoms with Gasteiger partial charge in [0.05, 0.1) is 4.92 Å². The molecule has 1 atom stereocenters. The number of rotatable bonds is 4. The third kappa shape index (κ3) is 3.07. The summed E-state index contributed by atoms with van der Waals surface area (Å²) in [6.45, 7) is 4.30. The molecule has 4 nitrogen and oxygen atoms in total. The zero-order valence-corrected chi connectivity index (χ0v) is 10.8. The molecule has 1 aromatic rings. The highest BCUT2D eigenvalue weighted by Gasteiger charge is 2.20. The van der Waals surface area contributed by atoms with E-state index in [2.05, 4.69) is 11.8 Å². The van der Waals surface area contributed by atoms with E-state index in [1.165, 1.54) is 31.2 Å². The molecule has 1 fully saturated rings. The Balaban J connectivity index is 2.01. The van der Waals surface area contributed by atoms with Gasteiger partial charge < -0.3 is 0 Å². The summed E-state index contributed by atoms with van der Waals surface area (Å²) < 4.78 is 0. The SMILES string of the molecule is CC[C@@H]1CCCCN1Cc1ccc([N+](=O)[O-])cc1. The molecule has 98 valence electrons. The molecule has 4 heteroatoms. The minimum atomic E-state index is -0.348. The van der Waals surface area contributed by atoms with Crippen molar-refractivity contribution in [1.29, 1.82) is 0 Å². The van der Waals surface area contributed by atoms with Gasteiger partial charge in [0.1, 0.15) is 0 Å². The summed E-state index contributed by atoms with van der Waals surface area (Å²) in [4.78, 5) is 12.8. The second kappa shape index (κ2) is 5.96. The van der Waals surface area contributed by atoms with E-state index in [-0.39, 0.29) is 10.6 Å². The number of piperidine rings is 1. The van der Waals surface area contributed by atoms with E-state index in [1.807, 2.05) is 12.1 Å². The maximum absolute atomic E-state index is 10.6. The van der Waals surface area contributed by atoms with Crippen molar-refractivity contribution in [3.05, 3.63) is 39.9 Å². The highest BCUT2D eigenvalue weighted by molar-refractivity contribution is 5.32. The number of non-ortho nitro benzene ring substituents is 1. The molecule has 2 rings (SSSR count). The summed E-state index contributed by atoms with van der Waals surface area (Å²) in [5.41, 5.74) is 1.34. The molecule has 1 aromatic carbocycles. The average Bonchev–Trinajstić information content (AvgIpc) is 2.40. The number of hydrogen-bond donors (Lipinski definition) is 0. The van der Waals surface area contributed by atoms with Crippen molar-refractivity contribution >= 4 is 5.69 Å². The molecule has 0 bridgehead atoms. The van der Waals surface area contributed by atoms with Gasteiger partial charge in [0, 0.05) is 24.7 Å². The van der Waals surface area contributed by atoms with Gasteiger partial charge in [-0.15, -0.1) is 0 Å².